The molecule has 2 fully saturated rings. The maximum absolute atomic E-state index is 5.59. The van der Waals surface area contributed by atoms with Crippen molar-refractivity contribution in [3.63, 3.8) is 0 Å². The summed E-state index contributed by atoms with van der Waals surface area (Å²) in [5, 5.41) is 7.13. The lowest BCUT2D eigenvalue weighted by molar-refractivity contribution is 0.108. The van der Waals surface area contributed by atoms with Crippen LogP contribution in [0.1, 0.15) is 32.6 Å². The van der Waals surface area contributed by atoms with Gasteiger partial charge in [0.05, 0.1) is 6.10 Å². The van der Waals surface area contributed by atoms with Gasteiger partial charge in [-0.3, -0.25) is 0 Å². The lowest BCUT2D eigenvalue weighted by atomic mass is 9.93. The fraction of sp³-hybridized carbons (Fsp3) is 1.00. The Hall–Kier alpha value is -0.120. The Labute approximate surface area is 93.0 Å². The molecule has 0 aromatic carbocycles. The number of rotatable bonds is 4. The molecule has 3 heteroatoms. The minimum Gasteiger partial charge on any atom is -0.377 e. The van der Waals surface area contributed by atoms with Crippen LogP contribution in [-0.2, 0) is 4.74 Å². The molecule has 2 saturated heterocycles. The summed E-state index contributed by atoms with van der Waals surface area (Å²) < 4.78 is 5.59. The van der Waals surface area contributed by atoms with E-state index in [4.69, 9.17) is 4.74 Å². The van der Waals surface area contributed by atoms with Crippen molar-refractivity contribution in [2.45, 2.75) is 44.8 Å². The molecule has 2 heterocycles. The predicted octanol–water partition coefficient (Wildman–Crippen LogP) is 1.14. The maximum atomic E-state index is 5.59. The average Bonchev–Trinajstić information content (AvgIpc) is 2.74. The van der Waals surface area contributed by atoms with Crippen LogP contribution in [0.2, 0.25) is 0 Å². The van der Waals surface area contributed by atoms with Gasteiger partial charge in [-0.15, -0.1) is 0 Å². The number of nitrogens with one attached hydrogen (secondary N) is 2. The van der Waals surface area contributed by atoms with E-state index in [0.717, 1.165) is 25.6 Å². The van der Waals surface area contributed by atoms with Crippen LogP contribution in [0.3, 0.4) is 0 Å². The highest BCUT2D eigenvalue weighted by Gasteiger charge is 2.21. The largest absolute Gasteiger partial charge is 0.377 e. The summed E-state index contributed by atoms with van der Waals surface area (Å²) in [4.78, 5) is 0. The van der Waals surface area contributed by atoms with E-state index in [0.29, 0.717) is 12.1 Å². The van der Waals surface area contributed by atoms with Crippen molar-refractivity contribution in [3.8, 4) is 0 Å². The molecule has 15 heavy (non-hydrogen) atoms. The van der Waals surface area contributed by atoms with Gasteiger partial charge in [0.15, 0.2) is 0 Å². The van der Waals surface area contributed by atoms with Gasteiger partial charge < -0.3 is 15.4 Å². The fourth-order valence-corrected chi connectivity index (χ4v) is 2.59. The lowest BCUT2D eigenvalue weighted by Gasteiger charge is -2.30. The molecule has 88 valence electrons. The third-order valence-corrected chi connectivity index (χ3v) is 3.69. The Morgan fingerprint density at radius 1 is 1.27 bits per heavy atom. The van der Waals surface area contributed by atoms with Crippen molar-refractivity contribution in [3.05, 3.63) is 0 Å². The van der Waals surface area contributed by atoms with E-state index in [-0.39, 0.29) is 0 Å². The third kappa shape index (κ3) is 3.44. The first-order chi connectivity index (χ1) is 7.36. The van der Waals surface area contributed by atoms with Gasteiger partial charge in [0, 0.05) is 25.7 Å². The fourth-order valence-electron chi connectivity index (χ4n) is 2.59. The minimum atomic E-state index is 0.476. The van der Waals surface area contributed by atoms with E-state index in [2.05, 4.69) is 17.6 Å². The normalized spacial score (nSPS) is 37.0. The number of ether oxygens (including phenoxy) is 1. The van der Waals surface area contributed by atoms with Crippen molar-refractivity contribution in [1.82, 2.24) is 10.6 Å². The van der Waals surface area contributed by atoms with Crippen LogP contribution in [0.4, 0.5) is 0 Å². The monoisotopic (exact) mass is 212 g/mol. The molecule has 0 spiro atoms. The van der Waals surface area contributed by atoms with E-state index >= 15 is 0 Å². The Balaban J connectivity index is 1.59. The average molecular weight is 212 g/mol. The second-order valence-electron chi connectivity index (χ2n) is 4.97. The summed E-state index contributed by atoms with van der Waals surface area (Å²) in [5.41, 5.74) is 0. The second kappa shape index (κ2) is 5.83. The zero-order valence-electron chi connectivity index (χ0n) is 9.80. The summed E-state index contributed by atoms with van der Waals surface area (Å²) in [6, 6.07) is 0.667. The Bertz CT molecular complexity index is 180. The molecule has 0 radical (unpaired) electrons. The van der Waals surface area contributed by atoms with Gasteiger partial charge in [-0.25, -0.2) is 0 Å². The van der Waals surface area contributed by atoms with E-state index < -0.39 is 0 Å². The van der Waals surface area contributed by atoms with E-state index in [1.54, 1.807) is 0 Å². The first kappa shape index (κ1) is 11.4. The molecule has 0 aliphatic carbocycles. The molecule has 0 aromatic rings. The number of piperidine rings is 1. The maximum Gasteiger partial charge on any atom is 0.0700 e. The topological polar surface area (TPSA) is 33.3 Å². The molecule has 3 nitrogen and oxygen atoms in total. The van der Waals surface area contributed by atoms with Crippen LogP contribution in [0.15, 0.2) is 0 Å². The van der Waals surface area contributed by atoms with Crippen LogP contribution >= 0.6 is 0 Å². The Morgan fingerprint density at radius 2 is 2.20 bits per heavy atom. The zero-order valence-corrected chi connectivity index (χ0v) is 9.80. The molecule has 0 amide bonds. The summed E-state index contributed by atoms with van der Waals surface area (Å²) in [6.07, 6.45) is 5.66. The minimum absolute atomic E-state index is 0.476. The van der Waals surface area contributed by atoms with Crippen LogP contribution < -0.4 is 10.6 Å². The smallest absolute Gasteiger partial charge is 0.0700 e. The highest BCUT2D eigenvalue weighted by atomic mass is 16.5. The van der Waals surface area contributed by atoms with Gasteiger partial charge in [-0.1, -0.05) is 6.92 Å². The molecule has 2 N–H and O–H groups in total. The predicted molar refractivity (Wildman–Crippen MR) is 62.0 cm³/mol. The summed E-state index contributed by atoms with van der Waals surface area (Å²) in [7, 11) is 0. The first-order valence-corrected chi connectivity index (χ1v) is 6.42. The molecule has 0 bridgehead atoms. The second-order valence-corrected chi connectivity index (χ2v) is 4.97. The molecule has 3 atom stereocenters. The third-order valence-electron chi connectivity index (χ3n) is 3.69. The molecular formula is C12H24N2O. The highest BCUT2D eigenvalue weighted by molar-refractivity contribution is 4.81. The van der Waals surface area contributed by atoms with Crippen LogP contribution in [0.5, 0.6) is 0 Å². The summed E-state index contributed by atoms with van der Waals surface area (Å²) in [6.45, 7) is 6.64. The van der Waals surface area contributed by atoms with Gasteiger partial charge in [0.1, 0.15) is 0 Å². The van der Waals surface area contributed by atoms with Crippen molar-refractivity contribution < 1.29 is 4.74 Å². The van der Waals surface area contributed by atoms with Gasteiger partial charge in [-0.2, -0.15) is 0 Å². The molecule has 0 aromatic heterocycles. The molecule has 2 rings (SSSR count). The van der Waals surface area contributed by atoms with Gasteiger partial charge in [0.25, 0.3) is 0 Å². The Kier molecular flexibility index (Phi) is 4.42. The standard InChI is InChI=1S/C12H24N2O/c1-10-4-2-6-14-12(10)9-13-8-11-5-3-7-15-11/h10-14H,2-9H2,1H3. The van der Waals surface area contributed by atoms with Crippen molar-refractivity contribution in [2.75, 3.05) is 26.2 Å². The number of hydrogen-bond donors (Lipinski definition) is 2. The summed E-state index contributed by atoms with van der Waals surface area (Å²) >= 11 is 0. The van der Waals surface area contributed by atoms with Gasteiger partial charge in [0.2, 0.25) is 0 Å². The van der Waals surface area contributed by atoms with Crippen molar-refractivity contribution in [2.24, 2.45) is 5.92 Å². The van der Waals surface area contributed by atoms with E-state index in [1.807, 2.05) is 0 Å². The van der Waals surface area contributed by atoms with Gasteiger partial charge in [-0.05, 0) is 38.1 Å². The van der Waals surface area contributed by atoms with Crippen molar-refractivity contribution in [1.29, 1.82) is 0 Å². The number of hydrogen-bond acceptors (Lipinski definition) is 3. The first-order valence-electron chi connectivity index (χ1n) is 6.42. The van der Waals surface area contributed by atoms with Crippen molar-refractivity contribution >= 4 is 0 Å². The van der Waals surface area contributed by atoms with E-state index in [9.17, 15) is 0 Å². The van der Waals surface area contributed by atoms with Gasteiger partial charge >= 0.3 is 0 Å². The summed E-state index contributed by atoms with van der Waals surface area (Å²) in [5.74, 6) is 0.816. The molecular weight excluding hydrogens is 188 g/mol. The van der Waals surface area contributed by atoms with Crippen LogP contribution in [-0.4, -0.2) is 38.4 Å². The SMILES string of the molecule is CC1CCCNC1CNCC1CCCO1. The van der Waals surface area contributed by atoms with E-state index in [1.165, 1.54) is 32.2 Å². The Morgan fingerprint density at radius 3 is 2.93 bits per heavy atom. The van der Waals surface area contributed by atoms with Crippen LogP contribution in [0, 0.1) is 5.92 Å². The molecule has 2 aliphatic rings. The van der Waals surface area contributed by atoms with Crippen LogP contribution in [0.25, 0.3) is 0 Å². The molecule has 0 saturated carbocycles. The zero-order chi connectivity index (χ0) is 10.5. The lowest BCUT2D eigenvalue weighted by Crippen LogP contribution is -2.47. The molecule has 2 aliphatic heterocycles. The molecule has 3 unspecified atom stereocenters. The highest BCUT2D eigenvalue weighted by Crippen LogP contribution is 2.15. The quantitative estimate of drug-likeness (QED) is 0.733.